The van der Waals surface area contributed by atoms with E-state index in [1.165, 1.54) is 12.1 Å². The van der Waals surface area contributed by atoms with Gasteiger partial charge in [-0.15, -0.1) is 0 Å². The van der Waals surface area contributed by atoms with E-state index < -0.39 is 17.7 Å². The summed E-state index contributed by atoms with van der Waals surface area (Å²) >= 11 is 0. The van der Waals surface area contributed by atoms with Crippen LogP contribution in [-0.4, -0.2) is 30.1 Å². The monoisotopic (exact) mass is 553 g/mol. The molecule has 2 heterocycles. The average molecular weight is 554 g/mol. The number of hydrogen-bond donors (Lipinski definition) is 3. The molecule has 1 unspecified atom stereocenters. The third-order valence-electron chi connectivity index (χ3n) is 7.05. The van der Waals surface area contributed by atoms with Gasteiger partial charge >= 0.3 is 0 Å². The second-order valence-corrected chi connectivity index (χ2v) is 9.88. The van der Waals surface area contributed by atoms with E-state index >= 15 is 0 Å². The Morgan fingerprint density at radius 2 is 1.78 bits per heavy atom. The Kier molecular flexibility index (Phi) is 8.26. The second-order valence-electron chi connectivity index (χ2n) is 9.88. The molecule has 4 N–H and O–H groups in total. The van der Waals surface area contributed by atoms with Gasteiger partial charge in [0.05, 0.1) is 17.4 Å². The van der Waals surface area contributed by atoms with Crippen molar-refractivity contribution in [2.45, 2.75) is 31.3 Å². The number of pyridine rings is 1. The Balaban J connectivity index is 1.48. The Bertz CT molecular complexity index is 1620. The first-order chi connectivity index (χ1) is 19.8. The van der Waals surface area contributed by atoms with Gasteiger partial charge in [-0.3, -0.25) is 19.6 Å². The highest BCUT2D eigenvalue weighted by Gasteiger charge is 2.26. The van der Waals surface area contributed by atoms with Gasteiger partial charge in [0, 0.05) is 55.5 Å². The average Bonchev–Trinajstić information content (AvgIpc) is 3.37. The van der Waals surface area contributed by atoms with Gasteiger partial charge in [-0.2, -0.15) is 0 Å². The van der Waals surface area contributed by atoms with Crippen LogP contribution in [-0.2, 0) is 17.8 Å². The number of benzene rings is 3. The van der Waals surface area contributed by atoms with E-state index in [0.29, 0.717) is 34.5 Å². The van der Waals surface area contributed by atoms with Crippen LogP contribution in [0.1, 0.15) is 51.1 Å². The number of nitrogens with two attached hydrogens (primary N) is 1. The van der Waals surface area contributed by atoms with E-state index in [1.807, 2.05) is 30.3 Å². The lowest BCUT2D eigenvalue weighted by molar-refractivity contribution is -0.121. The van der Waals surface area contributed by atoms with Crippen molar-refractivity contribution in [1.82, 2.24) is 15.6 Å². The van der Waals surface area contributed by atoms with E-state index in [2.05, 4.69) is 20.6 Å². The molecule has 208 valence electrons. The van der Waals surface area contributed by atoms with Crippen molar-refractivity contribution >= 4 is 23.7 Å². The predicted molar refractivity (Wildman–Crippen MR) is 154 cm³/mol. The van der Waals surface area contributed by atoms with E-state index in [-0.39, 0.29) is 30.6 Å². The Hall–Kier alpha value is -4.76. The maximum Gasteiger partial charge on any atom is 0.251 e. The molecule has 0 saturated carbocycles. The molecule has 0 aliphatic carbocycles. The lowest BCUT2D eigenvalue weighted by Crippen LogP contribution is -2.32. The number of fused-ring (bicyclic) bond motifs is 1. The smallest absolute Gasteiger partial charge is 0.251 e. The lowest BCUT2D eigenvalue weighted by atomic mass is 9.93. The third-order valence-corrected chi connectivity index (χ3v) is 7.05. The zero-order valence-corrected chi connectivity index (χ0v) is 22.4. The number of nitrogens with zero attached hydrogens (tertiary/aromatic N) is 2. The molecular weight excluding hydrogens is 524 g/mol. The summed E-state index contributed by atoms with van der Waals surface area (Å²) in [5.74, 6) is -2.17. The number of carbonyl (C=O) groups excluding carboxylic acids is 2. The number of halogens is 2. The zero-order chi connectivity index (χ0) is 28.9. The van der Waals surface area contributed by atoms with E-state index in [1.54, 1.807) is 43.7 Å². The molecule has 0 fully saturated rings. The minimum Gasteiger partial charge on any atom is -0.355 e. The van der Waals surface area contributed by atoms with Crippen molar-refractivity contribution in [3.8, 4) is 11.1 Å². The molecule has 2 amide bonds. The third kappa shape index (κ3) is 6.36. The number of hydrogen-bond acceptors (Lipinski definition) is 5. The van der Waals surface area contributed by atoms with Crippen molar-refractivity contribution in [2.75, 3.05) is 7.05 Å². The highest BCUT2D eigenvalue weighted by atomic mass is 19.1. The fraction of sp³-hybridized carbons (Fsp3) is 0.188. The standard InChI is InChI=1S/C32H29F2N5O2/c1-36-32(41)22-5-2-4-21(14-22)26-6-3-9-37-31(26)29(13-20-10-24(33)16-25(34)11-20)39-30(40)15-23-18-38-28-8-7-19(17-35)12-27(23)28/h2-12,14,16,18,23,29H,13,15,17,35H2,1H3,(H,36,41)(H,39,40)/t23?,29-/m0/s1. The van der Waals surface area contributed by atoms with Crippen LogP contribution < -0.4 is 16.4 Å². The first-order valence-corrected chi connectivity index (χ1v) is 13.2. The lowest BCUT2D eigenvalue weighted by Gasteiger charge is -2.22. The van der Waals surface area contributed by atoms with Gasteiger partial charge < -0.3 is 16.4 Å². The molecule has 41 heavy (non-hydrogen) atoms. The molecule has 0 saturated heterocycles. The van der Waals surface area contributed by atoms with Crippen LogP contribution >= 0.6 is 0 Å². The fourth-order valence-corrected chi connectivity index (χ4v) is 5.10. The molecule has 5 rings (SSSR count). The maximum absolute atomic E-state index is 14.1. The maximum atomic E-state index is 14.1. The van der Waals surface area contributed by atoms with E-state index in [0.717, 1.165) is 22.9 Å². The summed E-state index contributed by atoms with van der Waals surface area (Å²) in [5.41, 5.74) is 11.2. The summed E-state index contributed by atoms with van der Waals surface area (Å²) in [4.78, 5) is 34.8. The first kappa shape index (κ1) is 27.8. The molecule has 0 spiro atoms. The molecule has 1 aromatic heterocycles. The number of nitrogens with one attached hydrogen (secondary N) is 2. The summed E-state index contributed by atoms with van der Waals surface area (Å²) in [6, 6.07) is 19.0. The number of aromatic nitrogens is 1. The highest BCUT2D eigenvalue weighted by molar-refractivity contribution is 5.95. The van der Waals surface area contributed by atoms with Crippen LogP contribution in [0.4, 0.5) is 14.5 Å². The van der Waals surface area contributed by atoms with Crippen LogP contribution in [0.2, 0.25) is 0 Å². The molecule has 1 aliphatic rings. The van der Waals surface area contributed by atoms with Gasteiger partial charge in [0.2, 0.25) is 5.91 Å². The molecule has 4 aromatic rings. The van der Waals surface area contributed by atoms with Crippen molar-refractivity contribution in [2.24, 2.45) is 10.7 Å². The fourth-order valence-electron chi connectivity index (χ4n) is 5.10. The molecule has 2 atom stereocenters. The largest absolute Gasteiger partial charge is 0.355 e. The number of aliphatic imine (C=N–C) groups is 1. The van der Waals surface area contributed by atoms with Gasteiger partial charge in [-0.05, 0) is 65.1 Å². The number of rotatable bonds is 9. The quantitative estimate of drug-likeness (QED) is 0.267. The zero-order valence-electron chi connectivity index (χ0n) is 22.4. The van der Waals surface area contributed by atoms with E-state index in [4.69, 9.17) is 5.73 Å². The summed E-state index contributed by atoms with van der Waals surface area (Å²) in [6.07, 6.45) is 3.55. The van der Waals surface area contributed by atoms with Crippen LogP contribution in [0.3, 0.4) is 0 Å². The van der Waals surface area contributed by atoms with Gasteiger partial charge in [0.1, 0.15) is 11.6 Å². The van der Waals surface area contributed by atoms with Gasteiger partial charge in [-0.1, -0.05) is 30.3 Å². The Morgan fingerprint density at radius 1 is 0.976 bits per heavy atom. The van der Waals surface area contributed by atoms with Crippen molar-refractivity contribution in [3.05, 3.63) is 119 Å². The number of amides is 2. The molecule has 0 bridgehead atoms. The minimum absolute atomic E-state index is 0.0895. The van der Waals surface area contributed by atoms with Gasteiger partial charge in [0.15, 0.2) is 0 Å². The van der Waals surface area contributed by atoms with E-state index in [9.17, 15) is 18.4 Å². The molecule has 3 aromatic carbocycles. The normalized spacial score (nSPS) is 14.4. The topological polar surface area (TPSA) is 109 Å². The Morgan fingerprint density at radius 3 is 2.54 bits per heavy atom. The van der Waals surface area contributed by atoms with Crippen LogP contribution in [0.15, 0.2) is 84.0 Å². The predicted octanol–water partition coefficient (Wildman–Crippen LogP) is 5.13. The van der Waals surface area contributed by atoms with Crippen molar-refractivity contribution in [3.63, 3.8) is 0 Å². The molecular formula is C32H29F2N5O2. The first-order valence-electron chi connectivity index (χ1n) is 13.2. The molecule has 0 radical (unpaired) electrons. The van der Waals surface area contributed by atoms with Crippen molar-refractivity contribution < 1.29 is 18.4 Å². The molecule has 9 heteroatoms. The SMILES string of the molecule is CNC(=O)c1cccc(-c2cccnc2[C@H](Cc2cc(F)cc(F)c2)NC(=O)CC2C=Nc3ccc(CN)cc32)c1. The van der Waals surface area contributed by atoms with Crippen molar-refractivity contribution in [1.29, 1.82) is 0 Å². The van der Waals surface area contributed by atoms with Crippen LogP contribution in [0.25, 0.3) is 11.1 Å². The number of carbonyl (C=O) groups is 2. The Labute approximate surface area is 236 Å². The van der Waals surface area contributed by atoms with Crippen LogP contribution in [0, 0.1) is 11.6 Å². The second kappa shape index (κ2) is 12.2. The summed E-state index contributed by atoms with van der Waals surface area (Å²) < 4.78 is 28.2. The summed E-state index contributed by atoms with van der Waals surface area (Å²) in [5, 5.41) is 5.67. The molecule has 7 nitrogen and oxygen atoms in total. The van der Waals surface area contributed by atoms with Crippen LogP contribution in [0.5, 0.6) is 0 Å². The summed E-state index contributed by atoms with van der Waals surface area (Å²) in [6.45, 7) is 0.377. The van der Waals surface area contributed by atoms with Gasteiger partial charge in [-0.25, -0.2) is 8.78 Å². The summed E-state index contributed by atoms with van der Waals surface area (Å²) in [7, 11) is 1.55. The van der Waals surface area contributed by atoms with Gasteiger partial charge in [0.25, 0.3) is 5.91 Å². The molecule has 1 aliphatic heterocycles. The minimum atomic E-state index is -0.725. The highest BCUT2D eigenvalue weighted by Crippen LogP contribution is 2.35.